The van der Waals surface area contributed by atoms with Crippen LogP contribution in [0.2, 0.25) is 5.02 Å². The lowest BCUT2D eigenvalue weighted by atomic mass is 10.1. The zero-order chi connectivity index (χ0) is 24.9. The summed E-state index contributed by atoms with van der Waals surface area (Å²) in [7, 11) is 1.54. The fourth-order valence-corrected chi connectivity index (χ4v) is 3.44. The molecule has 0 aliphatic rings. The highest BCUT2D eigenvalue weighted by molar-refractivity contribution is 6.31. The van der Waals surface area contributed by atoms with Crippen LogP contribution in [0.1, 0.15) is 10.4 Å². The molecule has 0 fully saturated rings. The summed E-state index contributed by atoms with van der Waals surface area (Å²) >= 11 is 5.80. The number of amides is 2. The van der Waals surface area contributed by atoms with E-state index in [1.54, 1.807) is 7.05 Å². The van der Waals surface area contributed by atoms with E-state index in [1.807, 2.05) is 0 Å². The number of nitrogens with one attached hydrogen (secondary N) is 1. The molecule has 3 aromatic rings. The highest BCUT2D eigenvalue weighted by Gasteiger charge is 2.37. The number of carbonyl (C=O) groups excluding carboxylic acids is 2. The van der Waals surface area contributed by atoms with Gasteiger partial charge in [-0.05, 0) is 42.5 Å². The van der Waals surface area contributed by atoms with Crippen LogP contribution >= 0.6 is 11.6 Å². The number of likely N-dealkylation sites (N-methyl/N-ethyl adjacent to an activating group) is 1. The lowest BCUT2D eigenvalue weighted by Crippen LogP contribution is -2.48. The lowest BCUT2D eigenvalue weighted by molar-refractivity contribution is -0.133. The van der Waals surface area contributed by atoms with Crippen molar-refractivity contribution < 1.29 is 33.0 Å². The van der Waals surface area contributed by atoms with E-state index in [9.17, 15) is 28.3 Å². The Morgan fingerprint density at radius 3 is 1.94 bits per heavy atom. The molecule has 0 radical (unpaired) electrons. The van der Waals surface area contributed by atoms with Crippen molar-refractivity contribution in [3.05, 3.63) is 89.0 Å². The predicted molar refractivity (Wildman–Crippen MR) is 123 cm³/mol. The van der Waals surface area contributed by atoms with Gasteiger partial charge in [-0.1, -0.05) is 11.6 Å². The van der Waals surface area contributed by atoms with Crippen LogP contribution in [0.25, 0.3) is 0 Å². The van der Waals surface area contributed by atoms with Crippen LogP contribution in [0.4, 0.5) is 25.8 Å². The van der Waals surface area contributed by atoms with Gasteiger partial charge in [0.1, 0.15) is 29.6 Å². The molecule has 2 amide bonds. The van der Waals surface area contributed by atoms with E-state index in [0.29, 0.717) is 11.4 Å². The zero-order valence-corrected chi connectivity index (χ0v) is 18.7. The molecular weight excluding hydrogens is 470 g/mol. The smallest absolute Gasteiger partial charge is 0.349 e. The Balaban J connectivity index is 1.73. The maximum atomic E-state index is 13.4. The molecule has 0 aliphatic carbocycles. The second-order valence-electron chi connectivity index (χ2n) is 7.39. The molecule has 0 aliphatic heterocycles. The summed E-state index contributed by atoms with van der Waals surface area (Å²) in [6.45, 7) is -1.05. The largest absolute Gasteiger partial charge is 0.478 e. The molecule has 34 heavy (non-hydrogen) atoms. The van der Waals surface area contributed by atoms with Crippen LogP contribution in [0.3, 0.4) is 0 Å². The van der Waals surface area contributed by atoms with E-state index in [2.05, 4.69) is 5.32 Å². The summed E-state index contributed by atoms with van der Waals surface area (Å²) in [5, 5.41) is 11.9. The Hall–Kier alpha value is -3.66. The minimum Gasteiger partial charge on any atom is -0.478 e. The fraction of sp³-hybridized carbons (Fsp3) is 0.125. The highest BCUT2D eigenvalue weighted by atomic mass is 35.5. The van der Waals surface area contributed by atoms with E-state index >= 15 is 0 Å². The van der Waals surface area contributed by atoms with Gasteiger partial charge in [-0.2, -0.15) is 4.48 Å². The van der Waals surface area contributed by atoms with Crippen molar-refractivity contribution in [1.29, 1.82) is 0 Å². The molecule has 10 heteroatoms. The van der Waals surface area contributed by atoms with E-state index in [4.69, 9.17) is 16.3 Å². The number of carbonyl (C=O) groups is 3. The molecule has 7 nitrogen and oxygen atoms in total. The number of benzene rings is 3. The zero-order valence-electron chi connectivity index (χ0n) is 17.9. The van der Waals surface area contributed by atoms with Gasteiger partial charge in [0.05, 0.1) is 18.3 Å². The van der Waals surface area contributed by atoms with Crippen molar-refractivity contribution >= 4 is 46.4 Å². The fourth-order valence-electron chi connectivity index (χ4n) is 3.26. The van der Waals surface area contributed by atoms with E-state index in [0.717, 1.165) is 0 Å². The molecular formula is C24H20ClF2N2O5+. The van der Waals surface area contributed by atoms with Crippen LogP contribution in [-0.4, -0.2) is 43.2 Å². The van der Waals surface area contributed by atoms with Crippen molar-refractivity contribution in [2.24, 2.45) is 0 Å². The van der Waals surface area contributed by atoms with Crippen molar-refractivity contribution in [3.63, 3.8) is 0 Å². The summed E-state index contributed by atoms with van der Waals surface area (Å²) < 4.78 is 31.7. The maximum Gasteiger partial charge on any atom is 0.349 e. The van der Waals surface area contributed by atoms with Crippen LogP contribution in [0.15, 0.2) is 66.7 Å². The SMILES string of the molecule is C[N+](C(=O)COCC(=O)Nc1ccc(Cl)cc1C(=O)O)(c1ccc(F)cc1)c1ccc(F)cc1. The van der Waals surface area contributed by atoms with E-state index < -0.39 is 47.1 Å². The molecule has 0 unspecified atom stereocenters. The standard InChI is InChI=1S/C24H19ClF2N2O5/c1-29(18-7-3-16(26)4-8-18,19-9-5-17(27)6-10-19)23(31)14-34-13-22(30)28-21-11-2-15(25)12-20(21)24(32)33/h2-12H,13-14H2,1H3,(H-,28,30,32,33)/p+1. The first-order valence-corrected chi connectivity index (χ1v) is 10.3. The molecule has 0 bridgehead atoms. The monoisotopic (exact) mass is 489 g/mol. The molecule has 3 rings (SSSR count). The summed E-state index contributed by atoms with van der Waals surface area (Å²) in [4.78, 5) is 36.8. The topological polar surface area (TPSA) is 92.7 Å². The number of hydrogen-bond acceptors (Lipinski definition) is 4. The lowest BCUT2D eigenvalue weighted by Gasteiger charge is -2.30. The minimum atomic E-state index is -1.28. The number of carboxylic acids is 1. The van der Waals surface area contributed by atoms with Crippen LogP contribution in [0.5, 0.6) is 0 Å². The van der Waals surface area contributed by atoms with Gasteiger partial charge in [-0.25, -0.2) is 18.4 Å². The van der Waals surface area contributed by atoms with Gasteiger partial charge in [-0.3, -0.25) is 4.79 Å². The Labute approximate surface area is 198 Å². The van der Waals surface area contributed by atoms with Crippen molar-refractivity contribution in [1.82, 2.24) is 4.48 Å². The molecule has 3 aromatic carbocycles. The number of anilines is 1. The summed E-state index contributed by atoms with van der Waals surface area (Å²) in [5.74, 6) is -3.45. The molecule has 0 aromatic heterocycles. The van der Waals surface area contributed by atoms with Crippen molar-refractivity contribution in [2.45, 2.75) is 0 Å². The Morgan fingerprint density at radius 1 is 0.912 bits per heavy atom. The van der Waals surface area contributed by atoms with Crippen LogP contribution in [0, 0.1) is 11.6 Å². The van der Waals surface area contributed by atoms with Gasteiger partial charge in [-0.15, -0.1) is 0 Å². The van der Waals surface area contributed by atoms with E-state index in [1.165, 1.54) is 66.7 Å². The van der Waals surface area contributed by atoms with Gasteiger partial charge < -0.3 is 15.2 Å². The second-order valence-corrected chi connectivity index (χ2v) is 7.83. The second kappa shape index (κ2) is 10.5. The van der Waals surface area contributed by atoms with Crippen LogP contribution in [-0.2, 0) is 14.3 Å². The Bertz CT molecular complexity index is 1170. The number of hydrogen-bond donors (Lipinski definition) is 2. The number of carboxylic acid groups (broad SMARTS) is 1. The number of rotatable bonds is 8. The molecule has 2 N–H and O–H groups in total. The molecule has 176 valence electrons. The quantitative estimate of drug-likeness (QED) is 0.445. The number of halogens is 3. The van der Waals surface area contributed by atoms with Gasteiger partial charge in [0.15, 0.2) is 6.61 Å². The third kappa shape index (κ3) is 5.63. The Kier molecular flexibility index (Phi) is 7.72. The summed E-state index contributed by atoms with van der Waals surface area (Å²) in [6.07, 6.45) is 0. The van der Waals surface area contributed by atoms with Gasteiger partial charge >= 0.3 is 11.9 Å². The number of quaternary nitrogens is 1. The van der Waals surface area contributed by atoms with Crippen molar-refractivity contribution in [3.8, 4) is 0 Å². The van der Waals surface area contributed by atoms with Gasteiger partial charge in [0.25, 0.3) is 0 Å². The Morgan fingerprint density at radius 2 is 1.44 bits per heavy atom. The third-order valence-corrected chi connectivity index (χ3v) is 5.36. The predicted octanol–water partition coefficient (Wildman–Crippen LogP) is 4.77. The molecule has 0 saturated carbocycles. The van der Waals surface area contributed by atoms with Crippen molar-refractivity contribution in [2.75, 3.05) is 25.6 Å². The average Bonchev–Trinajstić information content (AvgIpc) is 2.80. The molecule has 0 spiro atoms. The first-order chi connectivity index (χ1) is 16.1. The van der Waals surface area contributed by atoms with Gasteiger partial charge in [0.2, 0.25) is 5.91 Å². The minimum absolute atomic E-state index is 0.0232. The number of aromatic carboxylic acids is 1. The normalized spacial score (nSPS) is 11.2. The molecule has 0 atom stereocenters. The molecule has 0 heterocycles. The van der Waals surface area contributed by atoms with Gasteiger partial charge in [0, 0.05) is 29.3 Å². The summed E-state index contributed by atoms with van der Waals surface area (Å²) in [6, 6.07) is 14.5. The number of ether oxygens (including phenoxy) is 1. The first kappa shape index (κ1) is 25.0. The third-order valence-electron chi connectivity index (χ3n) is 5.13. The molecule has 0 saturated heterocycles. The van der Waals surface area contributed by atoms with Crippen LogP contribution < -0.4 is 9.80 Å². The maximum absolute atomic E-state index is 13.4. The van der Waals surface area contributed by atoms with E-state index in [-0.39, 0.29) is 16.3 Å². The highest BCUT2D eigenvalue weighted by Crippen LogP contribution is 2.33. The number of nitrogens with zero attached hydrogens (tertiary/aromatic N) is 1. The average molecular weight is 490 g/mol. The first-order valence-electron chi connectivity index (χ1n) is 9.94. The summed E-state index contributed by atoms with van der Waals surface area (Å²) in [5.41, 5.74) is 0.625.